The summed E-state index contributed by atoms with van der Waals surface area (Å²) in [5.74, 6) is 0. The van der Waals surface area contributed by atoms with E-state index in [4.69, 9.17) is 11.6 Å². The molecule has 0 aromatic heterocycles. The zero-order valence-electron chi connectivity index (χ0n) is 13.2. The van der Waals surface area contributed by atoms with Crippen molar-refractivity contribution >= 4 is 17.3 Å². The second-order valence-electron chi connectivity index (χ2n) is 6.14. The van der Waals surface area contributed by atoms with Crippen molar-refractivity contribution in [2.45, 2.75) is 52.8 Å². The maximum Gasteiger partial charge on any atom is 0.0765 e. The van der Waals surface area contributed by atoms with Crippen LogP contribution in [0.2, 0.25) is 5.02 Å². The number of hydrogen-bond donors (Lipinski definition) is 2. The summed E-state index contributed by atoms with van der Waals surface area (Å²) in [5, 5.41) is 14.1. The van der Waals surface area contributed by atoms with Gasteiger partial charge in [-0.2, -0.15) is 0 Å². The molecule has 114 valence electrons. The highest BCUT2D eigenvalue weighted by molar-refractivity contribution is 6.31. The standard InChI is InChI=1S/C16H27ClN2O/c1-6-19(11-16(4,5)20)14-8-7-13(15(17)9-14)10-18-12(2)3/h7-9,12,18,20H,6,10-11H2,1-5H3. The lowest BCUT2D eigenvalue weighted by Crippen LogP contribution is -2.38. The van der Waals surface area contributed by atoms with Gasteiger partial charge in [-0.15, -0.1) is 0 Å². The van der Waals surface area contributed by atoms with Gasteiger partial charge in [0.25, 0.3) is 0 Å². The average Bonchev–Trinajstić information content (AvgIpc) is 2.33. The van der Waals surface area contributed by atoms with Crippen LogP contribution in [-0.2, 0) is 6.54 Å². The van der Waals surface area contributed by atoms with E-state index in [9.17, 15) is 5.11 Å². The molecule has 0 radical (unpaired) electrons. The van der Waals surface area contributed by atoms with Crippen molar-refractivity contribution in [3.05, 3.63) is 28.8 Å². The molecule has 0 heterocycles. The van der Waals surface area contributed by atoms with E-state index >= 15 is 0 Å². The molecule has 0 amide bonds. The summed E-state index contributed by atoms with van der Waals surface area (Å²) in [6, 6.07) is 6.54. The summed E-state index contributed by atoms with van der Waals surface area (Å²) in [7, 11) is 0. The molecule has 0 fully saturated rings. The number of rotatable bonds is 7. The molecule has 0 spiro atoms. The zero-order chi connectivity index (χ0) is 15.3. The van der Waals surface area contributed by atoms with Crippen molar-refractivity contribution in [3.63, 3.8) is 0 Å². The van der Waals surface area contributed by atoms with Crippen molar-refractivity contribution in [2.24, 2.45) is 0 Å². The molecule has 0 atom stereocenters. The molecule has 0 aliphatic rings. The van der Waals surface area contributed by atoms with Gasteiger partial charge >= 0.3 is 0 Å². The van der Waals surface area contributed by atoms with Crippen molar-refractivity contribution in [1.29, 1.82) is 0 Å². The van der Waals surface area contributed by atoms with Gasteiger partial charge in [-0.25, -0.2) is 0 Å². The van der Waals surface area contributed by atoms with Crippen LogP contribution in [0.1, 0.15) is 40.2 Å². The molecular weight excluding hydrogens is 272 g/mol. The van der Waals surface area contributed by atoms with Crippen LogP contribution in [0, 0.1) is 0 Å². The largest absolute Gasteiger partial charge is 0.389 e. The predicted molar refractivity (Wildman–Crippen MR) is 87.6 cm³/mol. The van der Waals surface area contributed by atoms with Gasteiger partial charge in [-0.1, -0.05) is 31.5 Å². The molecule has 20 heavy (non-hydrogen) atoms. The van der Waals surface area contributed by atoms with E-state index in [1.54, 1.807) is 0 Å². The topological polar surface area (TPSA) is 35.5 Å². The normalized spacial score (nSPS) is 12.0. The predicted octanol–water partition coefficient (Wildman–Crippen LogP) is 3.44. The maximum atomic E-state index is 9.97. The summed E-state index contributed by atoms with van der Waals surface area (Å²) < 4.78 is 0. The summed E-state index contributed by atoms with van der Waals surface area (Å²) in [6.45, 7) is 12.1. The first kappa shape index (κ1) is 17.3. The van der Waals surface area contributed by atoms with E-state index in [0.717, 1.165) is 29.4 Å². The molecule has 0 aliphatic heterocycles. The highest BCUT2D eigenvalue weighted by Gasteiger charge is 2.18. The van der Waals surface area contributed by atoms with Crippen LogP contribution in [0.4, 0.5) is 5.69 Å². The number of aliphatic hydroxyl groups is 1. The van der Waals surface area contributed by atoms with Crippen LogP contribution >= 0.6 is 11.6 Å². The fourth-order valence-corrected chi connectivity index (χ4v) is 2.28. The van der Waals surface area contributed by atoms with Crippen LogP contribution in [-0.4, -0.2) is 29.8 Å². The van der Waals surface area contributed by atoms with Gasteiger partial charge in [0.05, 0.1) is 5.60 Å². The van der Waals surface area contributed by atoms with E-state index in [1.165, 1.54) is 0 Å². The number of nitrogens with zero attached hydrogens (tertiary/aromatic N) is 1. The molecule has 1 aromatic carbocycles. The summed E-state index contributed by atoms with van der Waals surface area (Å²) in [4.78, 5) is 2.13. The van der Waals surface area contributed by atoms with Crippen molar-refractivity contribution in [2.75, 3.05) is 18.0 Å². The number of likely N-dealkylation sites (N-methyl/N-ethyl adjacent to an activating group) is 1. The Labute approximate surface area is 127 Å². The smallest absolute Gasteiger partial charge is 0.0765 e. The van der Waals surface area contributed by atoms with Crippen molar-refractivity contribution in [3.8, 4) is 0 Å². The fourth-order valence-electron chi connectivity index (χ4n) is 2.04. The van der Waals surface area contributed by atoms with Crippen molar-refractivity contribution in [1.82, 2.24) is 5.32 Å². The first-order valence-corrected chi connectivity index (χ1v) is 7.60. The minimum absolute atomic E-state index is 0.438. The molecule has 1 rings (SSSR count). The molecule has 0 aliphatic carbocycles. The third-order valence-electron chi connectivity index (χ3n) is 3.06. The fraction of sp³-hybridized carbons (Fsp3) is 0.625. The van der Waals surface area contributed by atoms with Crippen LogP contribution in [0.5, 0.6) is 0 Å². The average molecular weight is 299 g/mol. The van der Waals surface area contributed by atoms with Gasteiger partial charge in [0, 0.05) is 36.4 Å². The Balaban J connectivity index is 2.84. The highest BCUT2D eigenvalue weighted by Crippen LogP contribution is 2.25. The van der Waals surface area contributed by atoms with Gasteiger partial charge in [0.15, 0.2) is 0 Å². The Kier molecular flexibility index (Phi) is 6.31. The molecule has 0 unspecified atom stereocenters. The van der Waals surface area contributed by atoms with E-state index in [1.807, 2.05) is 19.9 Å². The number of benzene rings is 1. The highest BCUT2D eigenvalue weighted by atomic mass is 35.5. The Hall–Kier alpha value is -0.770. The second kappa shape index (κ2) is 7.30. The minimum atomic E-state index is -0.722. The van der Waals surface area contributed by atoms with E-state index in [2.05, 4.69) is 43.1 Å². The molecule has 0 saturated heterocycles. The third kappa shape index (κ3) is 5.70. The lowest BCUT2D eigenvalue weighted by atomic mass is 10.1. The van der Waals surface area contributed by atoms with Crippen LogP contribution in [0.15, 0.2) is 18.2 Å². The Morgan fingerprint density at radius 1 is 1.35 bits per heavy atom. The van der Waals surface area contributed by atoms with Crippen LogP contribution < -0.4 is 10.2 Å². The van der Waals surface area contributed by atoms with Gasteiger partial charge in [-0.05, 0) is 38.5 Å². The van der Waals surface area contributed by atoms with E-state index in [0.29, 0.717) is 12.6 Å². The van der Waals surface area contributed by atoms with Gasteiger partial charge in [0.1, 0.15) is 0 Å². The van der Waals surface area contributed by atoms with Gasteiger partial charge < -0.3 is 15.3 Å². The van der Waals surface area contributed by atoms with E-state index < -0.39 is 5.60 Å². The number of anilines is 1. The van der Waals surface area contributed by atoms with Gasteiger partial charge in [0.2, 0.25) is 0 Å². The SMILES string of the molecule is CCN(CC(C)(C)O)c1ccc(CNC(C)C)c(Cl)c1. The third-order valence-corrected chi connectivity index (χ3v) is 3.41. The summed E-state index contributed by atoms with van der Waals surface area (Å²) >= 11 is 6.36. The van der Waals surface area contributed by atoms with Crippen molar-refractivity contribution < 1.29 is 5.11 Å². The molecule has 1 aromatic rings. The Morgan fingerprint density at radius 2 is 2.00 bits per heavy atom. The first-order chi connectivity index (χ1) is 9.23. The lowest BCUT2D eigenvalue weighted by molar-refractivity contribution is 0.0876. The number of nitrogens with one attached hydrogen (secondary N) is 1. The van der Waals surface area contributed by atoms with E-state index in [-0.39, 0.29) is 0 Å². The van der Waals surface area contributed by atoms with Crippen LogP contribution in [0.3, 0.4) is 0 Å². The Morgan fingerprint density at radius 3 is 2.45 bits per heavy atom. The molecule has 0 saturated carbocycles. The Bertz CT molecular complexity index is 427. The zero-order valence-corrected chi connectivity index (χ0v) is 14.0. The maximum absolute atomic E-state index is 9.97. The second-order valence-corrected chi connectivity index (χ2v) is 6.55. The number of hydrogen-bond acceptors (Lipinski definition) is 3. The monoisotopic (exact) mass is 298 g/mol. The molecule has 2 N–H and O–H groups in total. The molecule has 0 bridgehead atoms. The molecular formula is C16H27ClN2O. The summed E-state index contributed by atoms with van der Waals surface area (Å²) in [5.41, 5.74) is 1.43. The molecule has 3 nitrogen and oxygen atoms in total. The van der Waals surface area contributed by atoms with Crippen LogP contribution in [0.25, 0.3) is 0 Å². The molecule has 4 heteroatoms. The lowest BCUT2D eigenvalue weighted by Gasteiger charge is -2.30. The first-order valence-electron chi connectivity index (χ1n) is 7.22. The quantitative estimate of drug-likeness (QED) is 0.809. The number of halogens is 1. The summed E-state index contributed by atoms with van der Waals surface area (Å²) in [6.07, 6.45) is 0. The minimum Gasteiger partial charge on any atom is -0.389 e. The van der Waals surface area contributed by atoms with Gasteiger partial charge in [-0.3, -0.25) is 0 Å².